The molecule has 0 amide bonds. The number of hydrogen-bond donors (Lipinski definition) is 0. The molecule has 0 radical (unpaired) electrons. The molecule has 2 unspecified atom stereocenters. The molecule has 51 heavy (non-hydrogen) atoms. The lowest BCUT2D eigenvalue weighted by Crippen LogP contribution is -2.31. The van der Waals surface area contributed by atoms with Crippen molar-refractivity contribution in [2.45, 2.75) is 30.6 Å². The summed E-state index contributed by atoms with van der Waals surface area (Å²) in [6.07, 6.45) is 15.1. The molecule has 2 atom stereocenters. The summed E-state index contributed by atoms with van der Waals surface area (Å²) < 4.78 is 4.99. The largest absolute Gasteiger partial charge is 0.310 e. The van der Waals surface area contributed by atoms with Crippen LogP contribution in [0.15, 0.2) is 187 Å². The number of hydrogen-bond acceptors (Lipinski definition) is 0. The van der Waals surface area contributed by atoms with Gasteiger partial charge in [-0.1, -0.05) is 139 Å². The van der Waals surface area contributed by atoms with Crippen molar-refractivity contribution < 1.29 is 0 Å². The molecule has 2 heteroatoms. The summed E-state index contributed by atoms with van der Waals surface area (Å²) in [5.41, 5.74) is 14.3. The molecule has 6 aromatic carbocycles. The predicted molar refractivity (Wildman–Crippen MR) is 214 cm³/mol. The van der Waals surface area contributed by atoms with Crippen LogP contribution in [0.5, 0.6) is 0 Å². The van der Waals surface area contributed by atoms with Crippen LogP contribution in [-0.4, -0.2) is 9.13 Å². The highest BCUT2D eigenvalue weighted by molar-refractivity contribution is 6.11. The lowest BCUT2D eigenvalue weighted by Gasteiger charge is -2.39. The summed E-state index contributed by atoms with van der Waals surface area (Å²) in [4.78, 5) is 0. The second-order valence-electron chi connectivity index (χ2n) is 14.3. The maximum absolute atomic E-state index is 2.57. The summed E-state index contributed by atoms with van der Waals surface area (Å²) in [5.74, 6) is 0.288. The first-order valence-corrected chi connectivity index (χ1v) is 18.3. The number of para-hydroxylation sites is 4. The number of nitrogens with zero attached hydrogens (tertiary/aromatic N) is 2. The number of benzene rings is 6. The van der Waals surface area contributed by atoms with Crippen LogP contribution in [0.3, 0.4) is 0 Å². The Balaban J connectivity index is 1.21. The Morgan fingerprint density at radius 2 is 1.14 bits per heavy atom. The van der Waals surface area contributed by atoms with Crippen LogP contribution < -0.4 is 0 Å². The Bertz CT molecular complexity index is 2730. The van der Waals surface area contributed by atoms with Crippen molar-refractivity contribution in [3.8, 4) is 5.69 Å². The first-order chi connectivity index (χ1) is 25.3. The quantitative estimate of drug-likeness (QED) is 0.179. The molecule has 0 aliphatic heterocycles. The van der Waals surface area contributed by atoms with Gasteiger partial charge in [0, 0.05) is 38.8 Å². The molecule has 0 fully saturated rings. The summed E-state index contributed by atoms with van der Waals surface area (Å²) in [7, 11) is 0. The Morgan fingerprint density at radius 3 is 1.73 bits per heavy atom. The summed E-state index contributed by atoms with van der Waals surface area (Å²) in [6, 6.07) is 54.2. The molecule has 0 N–H and O–H groups in total. The van der Waals surface area contributed by atoms with Gasteiger partial charge in [-0.15, -0.1) is 0 Å². The van der Waals surface area contributed by atoms with Gasteiger partial charge < -0.3 is 9.13 Å². The average molecular weight is 653 g/mol. The Kier molecular flexibility index (Phi) is 6.15. The van der Waals surface area contributed by atoms with Crippen LogP contribution in [0.4, 0.5) is 0 Å². The fraction of sp³-hybridized carbons (Fsp3) is 0.102. The highest BCUT2D eigenvalue weighted by Crippen LogP contribution is 2.62. The SMILES string of the molecule is C1=CCCC(C2(c3ccccc3)C3=CC(n4c5ccccc5c5ccccc54)=CCC3c3ccc(-n4c5ccccc5c5ccccc54)cc32)=C1. The third-order valence-electron chi connectivity index (χ3n) is 11.9. The van der Waals surface area contributed by atoms with E-state index in [0.717, 1.165) is 19.3 Å². The minimum Gasteiger partial charge on any atom is -0.310 e. The zero-order valence-corrected chi connectivity index (χ0v) is 28.3. The van der Waals surface area contributed by atoms with Crippen LogP contribution >= 0.6 is 0 Å². The highest BCUT2D eigenvalue weighted by Gasteiger charge is 2.52. The van der Waals surface area contributed by atoms with Gasteiger partial charge in [0.15, 0.2) is 0 Å². The molecular weight excluding hydrogens is 617 g/mol. The van der Waals surface area contributed by atoms with E-state index in [1.807, 2.05) is 0 Å². The van der Waals surface area contributed by atoms with Gasteiger partial charge in [0.05, 0.1) is 27.5 Å². The van der Waals surface area contributed by atoms with Crippen molar-refractivity contribution >= 4 is 49.3 Å². The molecule has 0 saturated carbocycles. The zero-order chi connectivity index (χ0) is 33.5. The van der Waals surface area contributed by atoms with Crippen molar-refractivity contribution in [1.29, 1.82) is 0 Å². The van der Waals surface area contributed by atoms with E-state index in [-0.39, 0.29) is 11.3 Å². The van der Waals surface area contributed by atoms with E-state index in [0.29, 0.717) is 0 Å². The van der Waals surface area contributed by atoms with Crippen LogP contribution in [0.2, 0.25) is 0 Å². The number of fused-ring (bicyclic) bond motifs is 9. The fourth-order valence-electron chi connectivity index (χ4n) is 9.84. The molecule has 3 aliphatic carbocycles. The molecule has 2 heterocycles. The van der Waals surface area contributed by atoms with Crippen LogP contribution in [0.1, 0.15) is 41.9 Å². The second-order valence-corrected chi connectivity index (χ2v) is 14.3. The van der Waals surface area contributed by atoms with Gasteiger partial charge in [-0.3, -0.25) is 0 Å². The molecular formula is C49H36N2. The summed E-state index contributed by atoms with van der Waals surface area (Å²) in [6.45, 7) is 0. The van der Waals surface area contributed by atoms with Crippen LogP contribution in [-0.2, 0) is 5.41 Å². The molecule has 0 saturated heterocycles. The first-order valence-electron chi connectivity index (χ1n) is 18.3. The Morgan fingerprint density at radius 1 is 0.569 bits per heavy atom. The minimum atomic E-state index is -0.390. The van der Waals surface area contributed by atoms with Crippen molar-refractivity contribution in [1.82, 2.24) is 9.13 Å². The Hall–Kier alpha value is -6.12. The van der Waals surface area contributed by atoms with Crippen LogP contribution in [0.25, 0.3) is 55.0 Å². The first kappa shape index (κ1) is 28.7. The standard InChI is InChI=1S/C49H36N2/c1-3-15-33(16-4-1)49(34-17-5-2-6-18-34)43-31-35(50-45-23-11-7-19-39(45)40-20-8-12-24-46(40)50)27-29-37(43)38-30-28-36(32-44(38)49)51-47-25-13-9-21-41(47)42-22-10-14-26-48(42)51/h1-5,7-17,19-29,31-32,38H,6,18,30H2. The van der Waals surface area contributed by atoms with E-state index < -0.39 is 0 Å². The monoisotopic (exact) mass is 652 g/mol. The van der Waals surface area contributed by atoms with Gasteiger partial charge in [-0.05, 0) is 84.0 Å². The fourth-order valence-corrected chi connectivity index (χ4v) is 9.84. The van der Waals surface area contributed by atoms with E-state index in [9.17, 15) is 0 Å². The third-order valence-corrected chi connectivity index (χ3v) is 11.9. The molecule has 3 aliphatic rings. The van der Waals surface area contributed by atoms with E-state index in [1.54, 1.807) is 0 Å². The van der Waals surface area contributed by atoms with Gasteiger partial charge in [-0.2, -0.15) is 0 Å². The minimum absolute atomic E-state index is 0.288. The topological polar surface area (TPSA) is 9.86 Å². The van der Waals surface area contributed by atoms with E-state index in [4.69, 9.17) is 0 Å². The lowest BCUT2D eigenvalue weighted by molar-refractivity contribution is 0.646. The lowest BCUT2D eigenvalue weighted by atomic mass is 9.64. The van der Waals surface area contributed by atoms with E-state index in [1.165, 1.54) is 82.8 Å². The van der Waals surface area contributed by atoms with Gasteiger partial charge in [0.1, 0.15) is 0 Å². The van der Waals surface area contributed by atoms with Gasteiger partial charge in [0.2, 0.25) is 0 Å². The number of rotatable bonds is 4. The van der Waals surface area contributed by atoms with E-state index >= 15 is 0 Å². The molecule has 242 valence electrons. The smallest absolute Gasteiger partial charge is 0.0638 e. The van der Waals surface area contributed by atoms with Gasteiger partial charge in [0.25, 0.3) is 0 Å². The second kappa shape index (κ2) is 10.9. The summed E-state index contributed by atoms with van der Waals surface area (Å²) in [5, 5.41) is 5.18. The van der Waals surface area contributed by atoms with Gasteiger partial charge in [-0.25, -0.2) is 0 Å². The van der Waals surface area contributed by atoms with Crippen LogP contribution in [0, 0.1) is 0 Å². The molecule has 2 aromatic heterocycles. The molecule has 8 aromatic rings. The molecule has 0 bridgehead atoms. The zero-order valence-electron chi connectivity index (χ0n) is 28.3. The average Bonchev–Trinajstić information content (AvgIpc) is 3.82. The van der Waals surface area contributed by atoms with Crippen molar-refractivity contribution in [3.63, 3.8) is 0 Å². The third kappa shape index (κ3) is 3.93. The van der Waals surface area contributed by atoms with Gasteiger partial charge >= 0.3 is 0 Å². The number of aromatic nitrogens is 2. The predicted octanol–water partition coefficient (Wildman–Crippen LogP) is 12.4. The maximum atomic E-state index is 2.57. The van der Waals surface area contributed by atoms with Crippen molar-refractivity contribution in [2.75, 3.05) is 0 Å². The maximum Gasteiger partial charge on any atom is 0.0638 e. The summed E-state index contributed by atoms with van der Waals surface area (Å²) >= 11 is 0. The normalized spacial score (nSPS) is 19.7. The molecule has 11 rings (SSSR count). The molecule has 2 nitrogen and oxygen atoms in total. The molecule has 0 spiro atoms. The highest BCUT2D eigenvalue weighted by atomic mass is 15.0. The van der Waals surface area contributed by atoms with Crippen molar-refractivity contribution in [3.05, 3.63) is 204 Å². The number of allylic oxidation sites excluding steroid dienone is 8. The van der Waals surface area contributed by atoms with Crippen molar-refractivity contribution in [2.24, 2.45) is 0 Å². The van der Waals surface area contributed by atoms with E-state index in [2.05, 4.69) is 185 Å². The Labute approximate surface area is 297 Å².